The predicted molar refractivity (Wildman–Crippen MR) is 84.1 cm³/mol. The third-order valence-electron chi connectivity index (χ3n) is 3.33. The number of rotatable bonds is 4. The van der Waals surface area contributed by atoms with Crippen molar-refractivity contribution >= 4 is 23.3 Å². The van der Waals surface area contributed by atoms with Crippen LogP contribution in [0.1, 0.15) is 6.92 Å². The predicted octanol–water partition coefficient (Wildman–Crippen LogP) is 2.98. The van der Waals surface area contributed by atoms with E-state index < -0.39 is 0 Å². The average Bonchev–Trinajstić information content (AvgIpc) is 3.01. The number of carbonyl (C=O) groups is 1. The van der Waals surface area contributed by atoms with Crippen molar-refractivity contribution in [2.24, 2.45) is 0 Å². The number of urea groups is 1. The van der Waals surface area contributed by atoms with Crippen molar-refractivity contribution in [3.63, 3.8) is 0 Å². The highest BCUT2D eigenvalue weighted by Crippen LogP contribution is 2.25. The van der Waals surface area contributed by atoms with Crippen molar-refractivity contribution in [1.82, 2.24) is 9.47 Å². The fourth-order valence-electron chi connectivity index (χ4n) is 1.85. The van der Waals surface area contributed by atoms with Crippen LogP contribution in [0.15, 0.2) is 42.7 Å². The molecule has 1 atom stereocenters. The Morgan fingerprint density at radius 2 is 2.10 bits per heavy atom. The molecule has 0 fully saturated rings. The summed E-state index contributed by atoms with van der Waals surface area (Å²) in [6.07, 6.45) is 3.75. The molecule has 0 aliphatic heterocycles. The molecule has 2 N–H and O–H groups in total. The zero-order valence-electron chi connectivity index (χ0n) is 12.0. The summed E-state index contributed by atoms with van der Waals surface area (Å²) in [5, 5.41) is 12.5. The van der Waals surface area contributed by atoms with Gasteiger partial charge in [0.05, 0.1) is 24.0 Å². The summed E-state index contributed by atoms with van der Waals surface area (Å²) in [4.78, 5) is 13.6. The molecule has 0 saturated carbocycles. The Bertz CT molecular complexity index is 613. The van der Waals surface area contributed by atoms with Crippen molar-refractivity contribution in [2.45, 2.75) is 13.0 Å². The summed E-state index contributed by atoms with van der Waals surface area (Å²) in [5.41, 5.74) is 1.43. The molecule has 2 rings (SSSR count). The molecule has 2 amide bonds. The Morgan fingerprint density at radius 1 is 1.43 bits per heavy atom. The van der Waals surface area contributed by atoms with Crippen LogP contribution in [0.3, 0.4) is 0 Å². The van der Waals surface area contributed by atoms with Crippen molar-refractivity contribution in [3.05, 3.63) is 47.7 Å². The summed E-state index contributed by atoms with van der Waals surface area (Å²) in [6.45, 7) is 1.68. The highest BCUT2D eigenvalue weighted by Gasteiger charge is 2.16. The number of anilines is 1. The molecule has 2 aromatic rings. The van der Waals surface area contributed by atoms with E-state index in [-0.39, 0.29) is 18.7 Å². The Labute approximate surface area is 128 Å². The SMILES string of the molecule is CC(CO)N(C)C(=O)Nc1ccc(Cl)cc1-n1cccc1. The van der Waals surface area contributed by atoms with Crippen LogP contribution in [0.25, 0.3) is 5.69 Å². The van der Waals surface area contributed by atoms with E-state index in [0.717, 1.165) is 5.69 Å². The molecule has 112 valence electrons. The maximum atomic E-state index is 12.2. The number of nitrogens with zero attached hydrogens (tertiary/aromatic N) is 2. The second-order valence-electron chi connectivity index (χ2n) is 4.82. The van der Waals surface area contributed by atoms with Gasteiger partial charge < -0.3 is 19.9 Å². The lowest BCUT2D eigenvalue weighted by Crippen LogP contribution is -2.40. The van der Waals surface area contributed by atoms with Gasteiger partial charge in [0.25, 0.3) is 0 Å². The van der Waals surface area contributed by atoms with Crippen LogP contribution in [-0.2, 0) is 0 Å². The number of carbonyl (C=O) groups excluding carboxylic acids is 1. The van der Waals surface area contributed by atoms with Gasteiger partial charge in [-0.2, -0.15) is 0 Å². The van der Waals surface area contributed by atoms with Crippen LogP contribution in [0, 0.1) is 0 Å². The number of halogens is 1. The van der Waals surface area contributed by atoms with Gasteiger partial charge in [-0.3, -0.25) is 0 Å². The molecular weight excluding hydrogens is 290 g/mol. The van der Waals surface area contributed by atoms with Gasteiger partial charge in [-0.15, -0.1) is 0 Å². The Morgan fingerprint density at radius 3 is 2.71 bits per heavy atom. The number of aliphatic hydroxyl groups is 1. The number of likely N-dealkylation sites (N-methyl/N-ethyl adjacent to an activating group) is 1. The molecule has 0 aliphatic carbocycles. The number of aromatic nitrogens is 1. The molecule has 0 radical (unpaired) electrons. The monoisotopic (exact) mass is 307 g/mol. The molecule has 5 nitrogen and oxygen atoms in total. The van der Waals surface area contributed by atoms with E-state index in [1.54, 1.807) is 32.2 Å². The lowest BCUT2D eigenvalue weighted by molar-refractivity contribution is 0.166. The smallest absolute Gasteiger partial charge is 0.321 e. The molecule has 0 aliphatic rings. The molecule has 0 saturated heterocycles. The summed E-state index contributed by atoms with van der Waals surface area (Å²) in [6, 6.07) is 8.51. The minimum absolute atomic E-state index is 0.0883. The summed E-state index contributed by atoms with van der Waals surface area (Å²) < 4.78 is 1.87. The van der Waals surface area contributed by atoms with Crippen LogP contribution in [0.5, 0.6) is 0 Å². The van der Waals surface area contributed by atoms with Crippen LogP contribution >= 0.6 is 11.6 Å². The van der Waals surface area contributed by atoms with Crippen molar-refractivity contribution < 1.29 is 9.90 Å². The van der Waals surface area contributed by atoms with Crippen molar-refractivity contribution in [1.29, 1.82) is 0 Å². The Hall–Kier alpha value is -1.98. The largest absolute Gasteiger partial charge is 0.394 e. The maximum absolute atomic E-state index is 12.2. The number of hydrogen-bond acceptors (Lipinski definition) is 2. The number of benzene rings is 1. The van der Waals surface area contributed by atoms with Crippen LogP contribution in [0.4, 0.5) is 10.5 Å². The average molecular weight is 308 g/mol. The fourth-order valence-corrected chi connectivity index (χ4v) is 2.01. The highest BCUT2D eigenvalue weighted by molar-refractivity contribution is 6.30. The van der Waals surface area contributed by atoms with E-state index in [0.29, 0.717) is 10.7 Å². The number of amides is 2. The standard InChI is InChI=1S/C15H18ClN3O2/c1-11(10-20)18(2)15(21)17-13-6-5-12(16)9-14(13)19-7-3-4-8-19/h3-9,11,20H,10H2,1-2H3,(H,17,21). The third-order valence-corrected chi connectivity index (χ3v) is 3.56. The lowest BCUT2D eigenvalue weighted by Gasteiger charge is -2.24. The number of nitrogens with one attached hydrogen (secondary N) is 1. The first-order chi connectivity index (χ1) is 10.0. The van der Waals surface area contributed by atoms with E-state index in [1.165, 1.54) is 4.90 Å². The van der Waals surface area contributed by atoms with Gasteiger partial charge in [0, 0.05) is 24.5 Å². The number of aliphatic hydroxyl groups excluding tert-OH is 1. The fraction of sp³-hybridized carbons (Fsp3) is 0.267. The van der Waals surface area contributed by atoms with Crippen LogP contribution < -0.4 is 5.32 Å². The molecule has 6 heteroatoms. The van der Waals surface area contributed by atoms with Gasteiger partial charge >= 0.3 is 6.03 Å². The van der Waals surface area contributed by atoms with Gasteiger partial charge in [0.1, 0.15) is 0 Å². The molecule has 1 heterocycles. The molecule has 0 bridgehead atoms. The zero-order valence-corrected chi connectivity index (χ0v) is 12.7. The molecule has 1 unspecified atom stereocenters. The normalized spacial score (nSPS) is 12.0. The van der Waals surface area contributed by atoms with Gasteiger partial charge in [0.2, 0.25) is 0 Å². The lowest BCUT2D eigenvalue weighted by atomic mass is 10.2. The second kappa shape index (κ2) is 6.65. The summed E-state index contributed by atoms with van der Waals surface area (Å²) in [5.74, 6) is 0. The molecule has 0 spiro atoms. The quantitative estimate of drug-likeness (QED) is 0.912. The Kier molecular flexibility index (Phi) is 4.88. The van der Waals surface area contributed by atoms with Gasteiger partial charge in [-0.1, -0.05) is 11.6 Å². The minimum atomic E-state index is -0.285. The molecule has 21 heavy (non-hydrogen) atoms. The van der Waals surface area contributed by atoms with Gasteiger partial charge in [0.15, 0.2) is 0 Å². The maximum Gasteiger partial charge on any atom is 0.321 e. The topological polar surface area (TPSA) is 57.5 Å². The van der Waals surface area contributed by atoms with E-state index >= 15 is 0 Å². The second-order valence-corrected chi connectivity index (χ2v) is 5.26. The Balaban J connectivity index is 2.26. The van der Waals surface area contributed by atoms with E-state index in [4.69, 9.17) is 16.7 Å². The van der Waals surface area contributed by atoms with Gasteiger partial charge in [-0.25, -0.2) is 4.79 Å². The highest BCUT2D eigenvalue weighted by atomic mass is 35.5. The van der Waals surface area contributed by atoms with Crippen molar-refractivity contribution in [3.8, 4) is 5.69 Å². The van der Waals surface area contributed by atoms with E-state index in [1.807, 2.05) is 29.1 Å². The number of hydrogen-bond donors (Lipinski definition) is 2. The molecule has 1 aromatic heterocycles. The van der Waals surface area contributed by atoms with Gasteiger partial charge in [-0.05, 0) is 37.3 Å². The molecule has 1 aromatic carbocycles. The van der Waals surface area contributed by atoms with Crippen molar-refractivity contribution in [2.75, 3.05) is 19.0 Å². The summed E-state index contributed by atoms with van der Waals surface area (Å²) in [7, 11) is 1.64. The zero-order chi connectivity index (χ0) is 15.4. The van der Waals surface area contributed by atoms with E-state index in [2.05, 4.69) is 5.32 Å². The first kappa shape index (κ1) is 15.4. The third kappa shape index (κ3) is 3.56. The molecular formula is C15H18ClN3O2. The first-order valence-electron chi connectivity index (χ1n) is 6.60. The first-order valence-corrected chi connectivity index (χ1v) is 6.98. The summed E-state index contributed by atoms with van der Waals surface area (Å²) >= 11 is 6.04. The minimum Gasteiger partial charge on any atom is -0.394 e. The van der Waals surface area contributed by atoms with E-state index in [9.17, 15) is 4.79 Å². The van der Waals surface area contributed by atoms with Crippen LogP contribution in [0.2, 0.25) is 5.02 Å². The van der Waals surface area contributed by atoms with Crippen LogP contribution in [-0.4, -0.2) is 40.3 Å².